The molecular formula is C18H23N3O3. The number of rotatable bonds is 7. The lowest BCUT2D eigenvalue weighted by Crippen LogP contribution is -2.40. The standard InChI is InChI=1S/C18H23N3O3/c1-4-6-16(18(23)24)19-17(22)15-8-5-7-14(10-15)11-21-13(3)9-12(2)20-21/h5,7-10,16H,4,6,11H2,1-3H3,(H,19,22)(H,23,24)/t16-/m0/s1. The third-order valence-electron chi connectivity index (χ3n) is 3.81. The molecule has 0 unspecified atom stereocenters. The molecule has 24 heavy (non-hydrogen) atoms. The molecule has 2 aromatic rings. The van der Waals surface area contributed by atoms with E-state index in [0.717, 1.165) is 17.0 Å². The number of nitrogens with one attached hydrogen (secondary N) is 1. The van der Waals surface area contributed by atoms with Crippen LogP contribution in [-0.2, 0) is 11.3 Å². The highest BCUT2D eigenvalue weighted by Crippen LogP contribution is 2.10. The molecule has 1 aromatic carbocycles. The quantitative estimate of drug-likeness (QED) is 0.817. The Hall–Kier alpha value is -2.63. The molecule has 128 valence electrons. The zero-order valence-corrected chi connectivity index (χ0v) is 14.2. The second-order valence-electron chi connectivity index (χ2n) is 5.94. The number of aliphatic carboxylic acids is 1. The van der Waals surface area contributed by atoms with Crippen molar-refractivity contribution in [1.29, 1.82) is 0 Å². The van der Waals surface area contributed by atoms with Gasteiger partial charge in [-0.3, -0.25) is 9.48 Å². The predicted molar refractivity (Wildman–Crippen MR) is 91.0 cm³/mol. The molecule has 1 aromatic heterocycles. The summed E-state index contributed by atoms with van der Waals surface area (Å²) in [5, 5.41) is 16.1. The average molecular weight is 329 g/mol. The van der Waals surface area contributed by atoms with Gasteiger partial charge in [0, 0.05) is 11.3 Å². The predicted octanol–water partition coefficient (Wildman–Crippen LogP) is 2.53. The molecule has 6 heteroatoms. The summed E-state index contributed by atoms with van der Waals surface area (Å²) in [6, 6.07) is 8.32. The van der Waals surface area contributed by atoms with E-state index in [0.29, 0.717) is 24.9 Å². The first kappa shape index (κ1) is 17.7. The number of nitrogens with zero attached hydrogens (tertiary/aromatic N) is 2. The summed E-state index contributed by atoms with van der Waals surface area (Å²) in [6.45, 7) is 6.38. The van der Waals surface area contributed by atoms with E-state index in [1.54, 1.807) is 18.2 Å². The molecule has 0 aliphatic heterocycles. The van der Waals surface area contributed by atoms with Gasteiger partial charge in [0.15, 0.2) is 0 Å². The molecule has 0 radical (unpaired) electrons. The molecule has 2 rings (SSSR count). The van der Waals surface area contributed by atoms with Crippen molar-refractivity contribution in [3.8, 4) is 0 Å². The maximum atomic E-state index is 12.3. The number of carbonyl (C=O) groups excluding carboxylic acids is 1. The molecule has 0 bridgehead atoms. The Morgan fingerprint density at radius 1 is 1.29 bits per heavy atom. The molecular weight excluding hydrogens is 306 g/mol. The molecule has 1 atom stereocenters. The molecule has 2 N–H and O–H groups in total. The van der Waals surface area contributed by atoms with E-state index in [1.165, 1.54) is 0 Å². The van der Waals surface area contributed by atoms with Gasteiger partial charge in [-0.05, 0) is 44.0 Å². The van der Waals surface area contributed by atoms with Gasteiger partial charge in [-0.15, -0.1) is 0 Å². The third kappa shape index (κ3) is 4.44. The Morgan fingerprint density at radius 3 is 2.62 bits per heavy atom. The van der Waals surface area contributed by atoms with Gasteiger partial charge in [0.2, 0.25) is 0 Å². The van der Waals surface area contributed by atoms with Crippen LogP contribution in [0.25, 0.3) is 0 Å². The van der Waals surface area contributed by atoms with Crippen LogP contribution in [0.2, 0.25) is 0 Å². The number of benzene rings is 1. The molecule has 0 spiro atoms. The average Bonchev–Trinajstić information content (AvgIpc) is 2.84. The first-order valence-electron chi connectivity index (χ1n) is 8.04. The Labute approximate surface area is 141 Å². The highest BCUT2D eigenvalue weighted by atomic mass is 16.4. The van der Waals surface area contributed by atoms with Crippen molar-refractivity contribution in [2.75, 3.05) is 0 Å². The Bertz CT molecular complexity index is 737. The summed E-state index contributed by atoms with van der Waals surface area (Å²) in [7, 11) is 0. The monoisotopic (exact) mass is 329 g/mol. The summed E-state index contributed by atoms with van der Waals surface area (Å²) >= 11 is 0. The summed E-state index contributed by atoms with van der Waals surface area (Å²) in [5.74, 6) is -1.38. The van der Waals surface area contributed by atoms with Crippen LogP contribution in [-0.4, -0.2) is 32.8 Å². The Kier molecular flexibility index (Phi) is 5.73. The molecule has 1 amide bonds. The van der Waals surface area contributed by atoms with E-state index in [4.69, 9.17) is 5.11 Å². The zero-order valence-electron chi connectivity index (χ0n) is 14.2. The van der Waals surface area contributed by atoms with Crippen LogP contribution in [0.4, 0.5) is 0 Å². The van der Waals surface area contributed by atoms with E-state index >= 15 is 0 Å². The van der Waals surface area contributed by atoms with E-state index in [9.17, 15) is 9.59 Å². The van der Waals surface area contributed by atoms with Crippen LogP contribution >= 0.6 is 0 Å². The molecule has 0 saturated heterocycles. The smallest absolute Gasteiger partial charge is 0.326 e. The van der Waals surface area contributed by atoms with Crippen LogP contribution < -0.4 is 5.32 Å². The summed E-state index contributed by atoms with van der Waals surface area (Å²) in [5.41, 5.74) is 3.40. The second-order valence-corrected chi connectivity index (χ2v) is 5.94. The van der Waals surface area contributed by atoms with Crippen molar-refractivity contribution in [1.82, 2.24) is 15.1 Å². The largest absolute Gasteiger partial charge is 0.480 e. The van der Waals surface area contributed by atoms with Gasteiger partial charge in [-0.1, -0.05) is 25.5 Å². The van der Waals surface area contributed by atoms with Crippen LogP contribution in [0, 0.1) is 13.8 Å². The second kappa shape index (κ2) is 7.77. The summed E-state index contributed by atoms with van der Waals surface area (Å²) < 4.78 is 1.88. The molecule has 0 aliphatic rings. The van der Waals surface area contributed by atoms with Crippen LogP contribution in [0.15, 0.2) is 30.3 Å². The van der Waals surface area contributed by atoms with Crippen molar-refractivity contribution >= 4 is 11.9 Å². The molecule has 0 fully saturated rings. The van der Waals surface area contributed by atoms with Crippen molar-refractivity contribution in [2.45, 2.75) is 46.2 Å². The van der Waals surface area contributed by atoms with Crippen molar-refractivity contribution in [2.24, 2.45) is 0 Å². The SMILES string of the molecule is CCC[C@H](NC(=O)c1cccc(Cn2nc(C)cc2C)c1)C(=O)O. The minimum atomic E-state index is -1.01. The fourth-order valence-electron chi connectivity index (χ4n) is 2.61. The van der Waals surface area contributed by atoms with Crippen molar-refractivity contribution in [3.05, 3.63) is 52.8 Å². The van der Waals surface area contributed by atoms with Gasteiger partial charge >= 0.3 is 5.97 Å². The normalized spacial score (nSPS) is 12.0. The maximum absolute atomic E-state index is 12.3. The van der Waals surface area contributed by atoms with E-state index in [2.05, 4.69) is 10.4 Å². The van der Waals surface area contributed by atoms with Gasteiger partial charge in [-0.2, -0.15) is 5.10 Å². The first-order chi connectivity index (χ1) is 11.4. The maximum Gasteiger partial charge on any atom is 0.326 e. The van der Waals surface area contributed by atoms with Gasteiger partial charge in [0.25, 0.3) is 5.91 Å². The van der Waals surface area contributed by atoms with E-state index in [-0.39, 0.29) is 5.91 Å². The molecule has 0 saturated carbocycles. The summed E-state index contributed by atoms with van der Waals surface area (Å²) in [4.78, 5) is 23.5. The zero-order chi connectivity index (χ0) is 17.7. The number of carboxylic acid groups (broad SMARTS) is 1. The Balaban J connectivity index is 2.13. The number of amides is 1. The number of aryl methyl sites for hydroxylation is 2. The van der Waals surface area contributed by atoms with Crippen molar-refractivity contribution in [3.63, 3.8) is 0 Å². The number of hydrogen-bond donors (Lipinski definition) is 2. The first-order valence-corrected chi connectivity index (χ1v) is 8.04. The van der Waals surface area contributed by atoms with Crippen molar-refractivity contribution < 1.29 is 14.7 Å². The molecule has 6 nitrogen and oxygen atoms in total. The fraction of sp³-hybridized carbons (Fsp3) is 0.389. The minimum Gasteiger partial charge on any atom is -0.480 e. The van der Waals surface area contributed by atoms with Gasteiger partial charge < -0.3 is 10.4 Å². The lowest BCUT2D eigenvalue weighted by molar-refractivity contribution is -0.139. The van der Waals surface area contributed by atoms with Crippen LogP contribution in [0.3, 0.4) is 0 Å². The van der Waals surface area contributed by atoms with Gasteiger partial charge in [-0.25, -0.2) is 4.79 Å². The van der Waals surface area contributed by atoms with Gasteiger partial charge in [0.05, 0.1) is 12.2 Å². The number of hydrogen-bond acceptors (Lipinski definition) is 3. The fourth-order valence-corrected chi connectivity index (χ4v) is 2.61. The topological polar surface area (TPSA) is 84.2 Å². The van der Waals surface area contributed by atoms with Crippen LogP contribution in [0.1, 0.15) is 47.1 Å². The number of carboxylic acids is 1. The lowest BCUT2D eigenvalue weighted by atomic mass is 10.1. The highest BCUT2D eigenvalue weighted by molar-refractivity contribution is 5.96. The number of carbonyl (C=O) groups is 2. The molecule has 1 heterocycles. The molecule has 0 aliphatic carbocycles. The van der Waals surface area contributed by atoms with E-state index in [1.807, 2.05) is 37.6 Å². The van der Waals surface area contributed by atoms with E-state index < -0.39 is 12.0 Å². The third-order valence-corrected chi connectivity index (χ3v) is 3.81. The Morgan fingerprint density at radius 2 is 2.04 bits per heavy atom. The van der Waals surface area contributed by atoms with Crippen LogP contribution in [0.5, 0.6) is 0 Å². The minimum absolute atomic E-state index is 0.369. The highest BCUT2D eigenvalue weighted by Gasteiger charge is 2.19. The summed E-state index contributed by atoms with van der Waals surface area (Å²) in [6.07, 6.45) is 1.10. The lowest BCUT2D eigenvalue weighted by Gasteiger charge is -2.14. The van der Waals surface area contributed by atoms with Gasteiger partial charge in [0.1, 0.15) is 6.04 Å². The number of aromatic nitrogens is 2.